The minimum atomic E-state index is -5.73. The molecule has 3 aromatic heterocycles. The molecule has 1 aliphatic heterocycles. The number of aromatic amines is 1. The van der Waals surface area contributed by atoms with E-state index < -0.39 is 60.2 Å². The highest BCUT2D eigenvalue weighted by atomic mass is 31.3. The van der Waals surface area contributed by atoms with Gasteiger partial charge in [-0.15, -0.1) is 0 Å². The molecule has 0 aliphatic carbocycles. The van der Waals surface area contributed by atoms with Crippen molar-refractivity contribution in [1.29, 1.82) is 0 Å². The van der Waals surface area contributed by atoms with E-state index in [1.54, 1.807) is 0 Å². The molecule has 1 aliphatic rings. The zero-order valence-electron chi connectivity index (χ0n) is 16.3. The second-order valence-corrected chi connectivity index (χ2v) is 11.3. The molecule has 0 spiro atoms. The number of H-pyrrole nitrogens is 1. The fourth-order valence-corrected chi connectivity index (χ4v) is 6.26. The lowest BCUT2D eigenvalue weighted by molar-refractivity contribution is -0.0503. The Morgan fingerprint density at radius 3 is 2.44 bits per heavy atom. The van der Waals surface area contributed by atoms with Crippen molar-refractivity contribution in [2.24, 2.45) is 0 Å². The van der Waals surface area contributed by atoms with Gasteiger partial charge in [0.25, 0.3) is 5.56 Å². The van der Waals surface area contributed by atoms with Crippen LogP contribution in [0.25, 0.3) is 16.9 Å². The summed E-state index contributed by atoms with van der Waals surface area (Å²) >= 11 is 0. The molecule has 4 heterocycles. The van der Waals surface area contributed by atoms with Crippen LogP contribution in [0, 0.1) is 0 Å². The van der Waals surface area contributed by atoms with Crippen molar-refractivity contribution in [3.8, 4) is 0 Å². The van der Waals surface area contributed by atoms with Crippen molar-refractivity contribution >= 4 is 40.4 Å². The summed E-state index contributed by atoms with van der Waals surface area (Å²) in [4.78, 5) is 58.4. The summed E-state index contributed by atoms with van der Waals surface area (Å²) in [5.74, 6) is 0.150. The Hall–Kier alpha value is -1.82. The maximum atomic E-state index is 12.2. The number of ether oxygens (including phenoxy) is 1. The van der Waals surface area contributed by atoms with Crippen LogP contribution in [0.15, 0.2) is 23.5 Å². The molecule has 3 aromatic rings. The summed E-state index contributed by atoms with van der Waals surface area (Å²) in [6.07, 6.45) is -2.26. The molecule has 0 amide bonds. The van der Waals surface area contributed by atoms with Gasteiger partial charge in [0.2, 0.25) is 5.78 Å². The smallest absolute Gasteiger partial charge is 0.387 e. The van der Waals surface area contributed by atoms with Crippen molar-refractivity contribution in [3.05, 3.63) is 29.1 Å². The van der Waals surface area contributed by atoms with Gasteiger partial charge >= 0.3 is 23.5 Å². The van der Waals surface area contributed by atoms with Crippen LogP contribution in [0.1, 0.15) is 6.23 Å². The third-order valence-electron chi connectivity index (χ3n) is 4.51. The summed E-state index contributed by atoms with van der Waals surface area (Å²) in [6.45, 7) is -0.994. The standard InChI is InChI=1S/C12H16N5O14P3/c18-7-5(3-28-33(24,25)31-34(26,27)30-32(21,22)23)29-11(8(7)19)17-4-14-6-9(20)15-12-13-1-2-16(12)10(6)17/h1-2,4-5,7-8,11,18-19H,3H2,(H,24,25)(H,26,27)(H,13,15,20)(H2,21,22,23)/t5-,7-,8-,11-/m1/s1. The summed E-state index contributed by atoms with van der Waals surface area (Å²) in [5.41, 5.74) is -0.502. The SMILES string of the molecule is O=c1[nH]c2nccn2c2c1ncn2[C@@H]1O[C@H](COP(=O)(O)OP(=O)(O)OP(=O)(O)O)[C@@H](O)[C@H]1O. The molecule has 0 radical (unpaired) electrons. The first kappa shape index (κ1) is 25.3. The predicted octanol–water partition coefficient (Wildman–Crippen LogP) is -1.67. The summed E-state index contributed by atoms with van der Waals surface area (Å²) in [5, 5.41) is 20.7. The van der Waals surface area contributed by atoms with Crippen LogP contribution >= 0.6 is 23.5 Å². The first-order valence-electron chi connectivity index (χ1n) is 8.89. The van der Waals surface area contributed by atoms with Crippen LogP contribution in [0.5, 0.6) is 0 Å². The van der Waals surface area contributed by atoms with Gasteiger partial charge in [0, 0.05) is 12.4 Å². The number of aliphatic hydroxyl groups excluding tert-OH is 2. The number of hydrogen-bond acceptors (Lipinski definition) is 12. The fraction of sp³-hybridized carbons (Fsp3) is 0.417. The fourth-order valence-electron chi connectivity index (χ4n) is 3.23. The zero-order valence-corrected chi connectivity index (χ0v) is 19.0. The molecular formula is C12H16N5O14P3. The maximum Gasteiger partial charge on any atom is 0.490 e. The van der Waals surface area contributed by atoms with E-state index >= 15 is 0 Å². The predicted molar refractivity (Wildman–Crippen MR) is 105 cm³/mol. The quantitative estimate of drug-likeness (QED) is 0.155. The lowest BCUT2D eigenvalue weighted by Crippen LogP contribution is -2.33. The molecule has 22 heteroatoms. The first-order chi connectivity index (χ1) is 15.7. The van der Waals surface area contributed by atoms with Gasteiger partial charge in [0.15, 0.2) is 17.4 Å². The van der Waals surface area contributed by atoms with E-state index in [-0.39, 0.29) is 16.9 Å². The number of aromatic nitrogens is 5. The second-order valence-electron chi connectivity index (χ2n) is 6.83. The number of rotatable bonds is 8. The van der Waals surface area contributed by atoms with E-state index in [1.165, 1.54) is 21.4 Å². The summed E-state index contributed by atoms with van der Waals surface area (Å²) in [6, 6.07) is 0. The van der Waals surface area contributed by atoms with Crippen LogP contribution in [-0.2, 0) is 31.6 Å². The van der Waals surface area contributed by atoms with E-state index in [0.29, 0.717) is 0 Å². The third-order valence-corrected chi connectivity index (χ3v) is 8.31. The van der Waals surface area contributed by atoms with E-state index in [2.05, 4.69) is 28.1 Å². The number of aliphatic hydroxyl groups is 2. The molecule has 0 saturated carbocycles. The number of nitrogens with one attached hydrogen (secondary N) is 1. The van der Waals surface area contributed by atoms with Crippen molar-refractivity contribution in [1.82, 2.24) is 23.9 Å². The lowest BCUT2D eigenvalue weighted by atomic mass is 10.1. The molecule has 7 N–H and O–H groups in total. The Labute approximate surface area is 186 Å². The van der Waals surface area contributed by atoms with Gasteiger partial charge in [-0.05, 0) is 0 Å². The van der Waals surface area contributed by atoms with Crippen molar-refractivity contribution in [2.75, 3.05) is 6.61 Å². The number of nitrogens with zero attached hydrogens (tertiary/aromatic N) is 4. The normalized spacial score (nSPS) is 27.2. The van der Waals surface area contributed by atoms with Gasteiger partial charge in [-0.3, -0.25) is 23.3 Å². The van der Waals surface area contributed by atoms with Crippen LogP contribution in [0.2, 0.25) is 0 Å². The number of phosphoric ester groups is 1. The minimum Gasteiger partial charge on any atom is -0.387 e. The highest BCUT2D eigenvalue weighted by Gasteiger charge is 2.47. The number of hydrogen-bond donors (Lipinski definition) is 7. The van der Waals surface area contributed by atoms with Crippen molar-refractivity contribution in [2.45, 2.75) is 24.5 Å². The van der Waals surface area contributed by atoms with E-state index in [0.717, 1.165) is 6.33 Å². The lowest BCUT2D eigenvalue weighted by Gasteiger charge is -2.19. The van der Waals surface area contributed by atoms with E-state index in [4.69, 9.17) is 14.5 Å². The third kappa shape index (κ3) is 5.07. The van der Waals surface area contributed by atoms with Crippen LogP contribution in [0.3, 0.4) is 0 Å². The Bertz CT molecular complexity index is 1430. The van der Waals surface area contributed by atoms with Gasteiger partial charge in [0.1, 0.15) is 18.3 Å². The van der Waals surface area contributed by atoms with Gasteiger partial charge in [-0.2, -0.15) is 8.62 Å². The van der Waals surface area contributed by atoms with Crippen LogP contribution in [-0.4, -0.2) is 78.6 Å². The van der Waals surface area contributed by atoms with Gasteiger partial charge in [-0.1, -0.05) is 0 Å². The highest BCUT2D eigenvalue weighted by molar-refractivity contribution is 7.66. The van der Waals surface area contributed by atoms with Crippen LogP contribution < -0.4 is 5.56 Å². The van der Waals surface area contributed by atoms with E-state index in [9.17, 15) is 38.5 Å². The number of phosphoric acid groups is 3. The van der Waals surface area contributed by atoms with Gasteiger partial charge in [-0.25, -0.2) is 23.7 Å². The molecule has 0 aromatic carbocycles. The summed E-state index contributed by atoms with van der Waals surface area (Å²) < 4.78 is 53.7. The monoisotopic (exact) mass is 547 g/mol. The topological polar surface area (TPSA) is 277 Å². The molecule has 4 rings (SSSR count). The Balaban J connectivity index is 1.52. The number of imidazole rings is 2. The molecule has 1 saturated heterocycles. The molecule has 188 valence electrons. The minimum absolute atomic E-state index is 0.0486. The summed E-state index contributed by atoms with van der Waals surface area (Å²) in [7, 11) is -16.8. The van der Waals surface area contributed by atoms with Crippen molar-refractivity contribution in [3.63, 3.8) is 0 Å². The number of fused-ring (bicyclic) bond motifs is 3. The Morgan fingerprint density at radius 1 is 1.06 bits per heavy atom. The molecule has 6 atom stereocenters. The van der Waals surface area contributed by atoms with Gasteiger partial charge < -0.3 is 34.5 Å². The maximum absolute atomic E-state index is 12.2. The first-order valence-corrected chi connectivity index (χ1v) is 13.4. The zero-order chi connectivity index (χ0) is 25.1. The van der Waals surface area contributed by atoms with Crippen LogP contribution in [0.4, 0.5) is 0 Å². The molecular weight excluding hydrogens is 531 g/mol. The molecule has 34 heavy (non-hydrogen) atoms. The van der Waals surface area contributed by atoms with E-state index in [1.807, 2.05) is 0 Å². The van der Waals surface area contributed by atoms with Gasteiger partial charge in [0.05, 0.1) is 12.9 Å². The second kappa shape index (κ2) is 8.69. The molecule has 1 fully saturated rings. The van der Waals surface area contributed by atoms with Crippen molar-refractivity contribution < 1.29 is 61.4 Å². The Morgan fingerprint density at radius 2 is 1.76 bits per heavy atom. The largest absolute Gasteiger partial charge is 0.490 e. The Kier molecular flexibility index (Phi) is 6.46. The molecule has 19 nitrogen and oxygen atoms in total. The highest BCUT2D eigenvalue weighted by Crippen LogP contribution is 2.66. The average molecular weight is 547 g/mol. The molecule has 2 unspecified atom stereocenters. The average Bonchev–Trinajstić information content (AvgIpc) is 3.36. The molecule has 0 bridgehead atoms.